The zero-order chi connectivity index (χ0) is 37.0. The van der Waals surface area contributed by atoms with Crippen molar-refractivity contribution in [2.75, 3.05) is 0 Å². The summed E-state index contributed by atoms with van der Waals surface area (Å²) < 4.78 is 5.06. The van der Waals surface area contributed by atoms with Gasteiger partial charge < -0.3 is 4.57 Å². The van der Waals surface area contributed by atoms with Gasteiger partial charge in [-0.1, -0.05) is 152 Å². The Hall–Kier alpha value is -7.00. The molecule has 11 aromatic rings. The van der Waals surface area contributed by atoms with Crippen LogP contribution in [-0.4, -0.2) is 4.57 Å². The highest BCUT2D eigenvalue weighted by Gasteiger charge is 2.17. The van der Waals surface area contributed by atoms with Crippen LogP contribution >= 0.6 is 11.3 Å². The summed E-state index contributed by atoms with van der Waals surface area (Å²) in [5.41, 5.74) is 15.7. The molecule has 0 spiro atoms. The zero-order valence-corrected chi connectivity index (χ0v) is 31.4. The van der Waals surface area contributed by atoms with Crippen molar-refractivity contribution in [2.45, 2.75) is 0 Å². The first-order valence-corrected chi connectivity index (χ1v) is 20.0. The number of benzene rings is 9. The van der Waals surface area contributed by atoms with Gasteiger partial charge in [-0.3, -0.25) is 0 Å². The van der Waals surface area contributed by atoms with Crippen molar-refractivity contribution < 1.29 is 0 Å². The smallest absolute Gasteiger partial charge is 0.0541 e. The van der Waals surface area contributed by atoms with E-state index in [1.165, 1.54) is 97.6 Å². The number of para-hydroxylation sites is 1. The Balaban J connectivity index is 1.11. The minimum absolute atomic E-state index is 1.16. The normalized spacial score (nSPS) is 11.6. The van der Waals surface area contributed by atoms with Gasteiger partial charge in [0.05, 0.1) is 11.0 Å². The number of fused-ring (bicyclic) bond motifs is 6. The lowest BCUT2D eigenvalue weighted by Crippen LogP contribution is -1.94. The van der Waals surface area contributed by atoms with Crippen LogP contribution in [0.3, 0.4) is 0 Å². The van der Waals surface area contributed by atoms with E-state index < -0.39 is 0 Å². The predicted molar refractivity (Wildman–Crippen MR) is 241 cm³/mol. The molecule has 56 heavy (non-hydrogen) atoms. The SMILES string of the molecule is c1ccc(-c2cccc(-c3cc(-c4ccc5c(c4)c4ccccc4n5-c4cccc(-c5ccccc5)c4)cc(-c4cccc5c4sc4ccccc45)c3)c2)cc1. The van der Waals surface area contributed by atoms with Crippen LogP contribution in [0.1, 0.15) is 0 Å². The summed E-state index contributed by atoms with van der Waals surface area (Å²) in [7, 11) is 0. The molecule has 0 atom stereocenters. The van der Waals surface area contributed by atoms with Crippen molar-refractivity contribution in [1.29, 1.82) is 0 Å². The topological polar surface area (TPSA) is 4.93 Å². The molecule has 262 valence electrons. The molecule has 2 heterocycles. The van der Waals surface area contributed by atoms with E-state index in [1.807, 2.05) is 11.3 Å². The maximum Gasteiger partial charge on any atom is 0.0541 e. The van der Waals surface area contributed by atoms with E-state index in [2.05, 4.69) is 217 Å². The molecular formula is C54H35NS. The van der Waals surface area contributed by atoms with E-state index in [0.29, 0.717) is 0 Å². The molecule has 0 bridgehead atoms. The predicted octanol–water partition coefficient (Wildman–Crippen LogP) is 15.5. The molecule has 0 saturated heterocycles. The van der Waals surface area contributed by atoms with E-state index >= 15 is 0 Å². The molecule has 0 saturated carbocycles. The van der Waals surface area contributed by atoms with Crippen molar-refractivity contribution in [3.63, 3.8) is 0 Å². The molecule has 9 aromatic carbocycles. The number of aromatic nitrogens is 1. The van der Waals surface area contributed by atoms with Crippen LogP contribution in [-0.2, 0) is 0 Å². The molecule has 0 N–H and O–H groups in total. The Morgan fingerprint density at radius 1 is 0.286 bits per heavy atom. The lowest BCUT2D eigenvalue weighted by atomic mass is 9.91. The van der Waals surface area contributed by atoms with Gasteiger partial charge in [-0.25, -0.2) is 0 Å². The van der Waals surface area contributed by atoms with Crippen LogP contribution in [0.5, 0.6) is 0 Å². The van der Waals surface area contributed by atoms with Crippen molar-refractivity contribution in [2.24, 2.45) is 0 Å². The van der Waals surface area contributed by atoms with Crippen LogP contribution in [0, 0.1) is 0 Å². The molecule has 1 nitrogen and oxygen atoms in total. The Labute approximate surface area is 330 Å². The van der Waals surface area contributed by atoms with Gasteiger partial charge in [-0.2, -0.15) is 0 Å². The molecule has 0 aliphatic heterocycles. The van der Waals surface area contributed by atoms with E-state index in [0.717, 1.165) is 5.69 Å². The summed E-state index contributed by atoms with van der Waals surface area (Å²) >= 11 is 1.89. The number of thiophene rings is 1. The highest BCUT2D eigenvalue weighted by molar-refractivity contribution is 7.26. The average molecular weight is 730 g/mol. The van der Waals surface area contributed by atoms with Crippen molar-refractivity contribution in [3.05, 3.63) is 212 Å². The first-order chi connectivity index (χ1) is 27.7. The first-order valence-electron chi connectivity index (χ1n) is 19.2. The molecule has 0 aliphatic rings. The Kier molecular flexibility index (Phi) is 7.75. The summed E-state index contributed by atoms with van der Waals surface area (Å²) in [5.74, 6) is 0. The molecule has 0 aliphatic carbocycles. The number of rotatable bonds is 6. The first kappa shape index (κ1) is 32.4. The second-order valence-corrected chi connectivity index (χ2v) is 15.6. The standard InChI is InChI=1S/C54H35NS/c1-3-14-36(15-4-1)38-18-11-19-39(30-38)42-31-43(33-44(32-42)46-24-13-25-49-48-23-8-10-27-53(48)56-54(46)49)41-28-29-52-50(35-41)47-22-7-9-26-51(47)55(52)45-21-12-20-40(34-45)37-16-5-2-6-17-37/h1-35H. The Morgan fingerprint density at radius 3 is 1.57 bits per heavy atom. The molecule has 0 amide bonds. The van der Waals surface area contributed by atoms with Gasteiger partial charge in [0.1, 0.15) is 0 Å². The third kappa shape index (κ3) is 5.54. The zero-order valence-electron chi connectivity index (χ0n) is 30.6. The lowest BCUT2D eigenvalue weighted by Gasteiger charge is -2.14. The van der Waals surface area contributed by atoms with E-state index in [1.54, 1.807) is 0 Å². The van der Waals surface area contributed by atoms with Gasteiger partial charge in [-0.05, 0) is 116 Å². The number of hydrogen-bond donors (Lipinski definition) is 0. The highest BCUT2D eigenvalue weighted by atomic mass is 32.1. The van der Waals surface area contributed by atoms with Crippen molar-refractivity contribution in [3.8, 4) is 61.3 Å². The molecular weight excluding hydrogens is 695 g/mol. The second-order valence-electron chi connectivity index (χ2n) is 14.5. The van der Waals surface area contributed by atoms with Gasteiger partial charge in [-0.15, -0.1) is 11.3 Å². The van der Waals surface area contributed by atoms with E-state index in [4.69, 9.17) is 0 Å². The largest absolute Gasteiger partial charge is 0.309 e. The van der Waals surface area contributed by atoms with Crippen LogP contribution < -0.4 is 0 Å². The van der Waals surface area contributed by atoms with Crippen LogP contribution in [0.15, 0.2) is 212 Å². The van der Waals surface area contributed by atoms with Crippen molar-refractivity contribution in [1.82, 2.24) is 4.57 Å². The fourth-order valence-corrected chi connectivity index (χ4v) is 9.72. The average Bonchev–Trinajstić information content (AvgIpc) is 3.83. The lowest BCUT2D eigenvalue weighted by molar-refractivity contribution is 1.18. The minimum atomic E-state index is 1.16. The third-order valence-electron chi connectivity index (χ3n) is 11.2. The van der Waals surface area contributed by atoms with Crippen LogP contribution in [0.2, 0.25) is 0 Å². The summed E-state index contributed by atoms with van der Waals surface area (Å²) in [4.78, 5) is 0. The summed E-state index contributed by atoms with van der Waals surface area (Å²) in [6, 6.07) is 77.7. The van der Waals surface area contributed by atoms with E-state index in [9.17, 15) is 0 Å². The van der Waals surface area contributed by atoms with E-state index in [-0.39, 0.29) is 0 Å². The van der Waals surface area contributed by atoms with Crippen LogP contribution in [0.4, 0.5) is 0 Å². The molecule has 0 unspecified atom stereocenters. The Bertz CT molecular complexity index is 3240. The van der Waals surface area contributed by atoms with Crippen molar-refractivity contribution >= 4 is 53.3 Å². The highest BCUT2D eigenvalue weighted by Crippen LogP contribution is 2.43. The van der Waals surface area contributed by atoms with Gasteiger partial charge in [0.2, 0.25) is 0 Å². The summed E-state index contributed by atoms with van der Waals surface area (Å²) in [6.45, 7) is 0. The van der Waals surface area contributed by atoms with Gasteiger partial charge in [0.15, 0.2) is 0 Å². The minimum Gasteiger partial charge on any atom is -0.309 e. The quantitative estimate of drug-likeness (QED) is 0.161. The molecule has 2 aromatic heterocycles. The van der Waals surface area contributed by atoms with Gasteiger partial charge in [0, 0.05) is 36.6 Å². The maximum atomic E-state index is 2.42. The molecule has 2 heteroatoms. The van der Waals surface area contributed by atoms with Gasteiger partial charge in [0.25, 0.3) is 0 Å². The fourth-order valence-electron chi connectivity index (χ4n) is 8.49. The Morgan fingerprint density at radius 2 is 0.804 bits per heavy atom. The molecule has 0 fully saturated rings. The second kappa shape index (κ2) is 13.4. The van der Waals surface area contributed by atoms with Gasteiger partial charge >= 0.3 is 0 Å². The maximum absolute atomic E-state index is 2.42. The van der Waals surface area contributed by atoms with Crippen LogP contribution in [0.25, 0.3) is 103 Å². The number of hydrogen-bond acceptors (Lipinski definition) is 1. The monoisotopic (exact) mass is 729 g/mol. The molecule has 0 radical (unpaired) electrons. The molecule has 11 rings (SSSR count). The summed E-state index contributed by atoms with van der Waals surface area (Å²) in [5, 5.41) is 5.12. The summed E-state index contributed by atoms with van der Waals surface area (Å²) in [6.07, 6.45) is 0. The number of nitrogens with zero attached hydrogens (tertiary/aromatic N) is 1. The fraction of sp³-hybridized carbons (Fsp3) is 0. The third-order valence-corrected chi connectivity index (χ3v) is 12.4.